The lowest BCUT2D eigenvalue weighted by Crippen LogP contribution is -2.10. The molecule has 0 amide bonds. The molecule has 0 spiro atoms. The van der Waals surface area contributed by atoms with E-state index in [1.54, 1.807) is 7.11 Å². The van der Waals surface area contributed by atoms with E-state index >= 15 is 0 Å². The second kappa shape index (κ2) is 6.09. The van der Waals surface area contributed by atoms with Gasteiger partial charge in [-0.2, -0.15) is 5.10 Å². The highest BCUT2D eigenvalue weighted by Gasteiger charge is 2.13. The van der Waals surface area contributed by atoms with Crippen molar-refractivity contribution in [2.24, 2.45) is 0 Å². The molecule has 1 aromatic carbocycles. The van der Waals surface area contributed by atoms with Crippen molar-refractivity contribution in [2.45, 2.75) is 26.2 Å². The third-order valence-electron chi connectivity index (χ3n) is 3.25. The maximum atomic E-state index is 5.00. The topological polar surface area (TPSA) is 49.9 Å². The van der Waals surface area contributed by atoms with Crippen molar-refractivity contribution < 1.29 is 4.74 Å². The highest BCUT2D eigenvalue weighted by atomic mass is 16.5. The lowest BCUT2D eigenvalue weighted by Gasteiger charge is -2.18. The Bertz CT molecular complexity index is 538. The third-order valence-corrected chi connectivity index (χ3v) is 3.25. The summed E-state index contributed by atoms with van der Waals surface area (Å²) in [5.41, 5.74) is 3.68. The summed E-state index contributed by atoms with van der Waals surface area (Å²) in [6.45, 7) is 8.08. The standard InChI is InChI=1S/C16H23N3O/c1-16(2,3)13-7-5-12(6-8-13)14-11-15(19-18-14)17-9-10-20-4/h5-8,11H,9-10H2,1-4H3,(H2,17,18,19). The van der Waals surface area contributed by atoms with Crippen LogP contribution < -0.4 is 5.32 Å². The van der Waals surface area contributed by atoms with Crippen LogP contribution in [0.3, 0.4) is 0 Å². The van der Waals surface area contributed by atoms with Gasteiger partial charge < -0.3 is 10.1 Å². The number of aromatic nitrogens is 2. The first-order valence-corrected chi connectivity index (χ1v) is 6.90. The summed E-state index contributed by atoms with van der Waals surface area (Å²) in [5.74, 6) is 0.844. The van der Waals surface area contributed by atoms with Crippen LogP contribution in [-0.4, -0.2) is 30.5 Å². The second-order valence-electron chi connectivity index (χ2n) is 5.91. The molecule has 0 aliphatic carbocycles. The van der Waals surface area contributed by atoms with Gasteiger partial charge in [0.25, 0.3) is 0 Å². The number of hydrogen-bond donors (Lipinski definition) is 2. The smallest absolute Gasteiger partial charge is 0.148 e. The molecule has 0 fully saturated rings. The van der Waals surface area contributed by atoms with E-state index in [4.69, 9.17) is 4.74 Å². The van der Waals surface area contributed by atoms with Gasteiger partial charge in [0, 0.05) is 19.7 Å². The summed E-state index contributed by atoms with van der Waals surface area (Å²) in [4.78, 5) is 0. The molecule has 0 radical (unpaired) electrons. The zero-order chi connectivity index (χ0) is 14.6. The maximum Gasteiger partial charge on any atom is 0.148 e. The number of benzene rings is 1. The highest BCUT2D eigenvalue weighted by molar-refractivity contribution is 5.63. The molecule has 108 valence electrons. The lowest BCUT2D eigenvalue weighted by atomic mass is 9.86. The number of nitrogens with zero attached hydrogens (tertiary/aromatic N) is 1. The van der Waals surface area contributed by atoms with Crippen LogP contribution in [0.15, 0.2) is 30.3 Å². The first-order chi connectivity index (χ1) is 9.50. The van der Waals surface area contributed by atoms with Crippen LogP contribution in [0.1, 0.15) is 26.3 Å². The predicted molar refractivity (Wildman–Crippen MR) is 83.1 cm³/mol. The Morgan fingerprint density at radius 1 is 1.20 bits per heavy atom. The van der Waals surface area contributed by atoms with Crippen molar-refractivity contribution in [1.82, 2.24) is 10.2 Å². The van der Waals surface area contributed by atoms with Crippen molar-refractivity contribution in [3.8, 4) is 11.3 Å². The van der Waals surface area contributed by atoms with E-state index in [0.29, 0.717) is 6.61 Å². The van der Waals surface area contributed by atoms with E-state index in [0.717, 1.165) is 23.6 Å². The van der Waals surface area contributed by atoms with E-state index < -0.39 is 0 Å². The summed E-state index contributed by atoms with van der Waals surface area (Å²) in [6.07, 6.45) is 0. The minimum Gasteiger partial charge on any atom is -0.383 e. The van der Waals surface area contributed by atoms with Gasteiger partial charge in [-0.05, 0) is 16.5 Å². The zero-order valence-electron chi connectivity index (χ0n) is 12.7. The molecule has 0 aliphatic rings. The summed E-state index contributed by atoms with van der Waals surface area (Å²) < 4.78 is 5.00. The van der Waals surface area contributed by atoms with Crippen molar-refractivity contribution in [1.29, 1.82) is 0 Å². The van der Waals surface area contributed by atoms with Crippen molar-refractivity contribution in [3.63, 3.8) is 0 Å². The van der Waals surface area contributed by atoms with Gasteiger partial charge in [-0.25, -0.2) is 0 Å². The Morgan fingerprint density at radius 2 is 1.90 bits per heavy atom. The van der Waals surface area contributed by atoms with Crippen LogP contribution in [0.4, 0.5) is 5.82 Å². The first-order valence-electron chi connectivity index (χ1n) is 6.90. The SMILES string of the molecule is COCCNc1cc(-c2ccc(C(C)(C)C)cc2)[nH]n1. The fourth-order valence-corrected chi connectivity index (χ4v) is 1.99. The summed E-state index contributed by atoms with van der Waals surface area (Å²) >= 11 is 0. The molecular formula is C16H23N3O. The van der Waals surface area contributed by atoms with E-state index in [2.05, 4.69) is 60.6 Å². The molecule has 2 N–H and O–H groups in total. The Kier molecular flexibility index (Phi) is 4.45. The van der Waals surface area contributed by atoms with E-state index in [1.807, 2.05) is 6.07 Å². The summed E-state index contributed by atoms with van der Waals surface area (Å²) in [5, 5.41) is 10.5. The second-order valence-corrected chi connectivity index (χ2v) is 5.91. The molecule has 0 aliphatic heterocycles. The fraction of sp³-hybridized carbons (Fsp3) is 0.438. The molecule has 4 heteroatoms. The monoisotopic (exact) mass is 273 g/mol. The van der Waals surface area contributed by atoms with Gasteiger partial charge in [0.1, 0.15) is 5.82 Å². The normalized spacial score (nSPS) is 11.6. The van der Waals surface area contributed by atoms with Gasteiger partial charge in [-0.3, -0.25) is 5.10 Å². The van der Waals surface area contributed by atoms with Gasteiger partial charge in [-0.15, -0.1) is 0 Å². The molecule has 2 aromatic rings. The number of anilines is 1. The number of ether oxygens (including phenoxy) is 1. The Morgan fingerprint density at radius 3 is 2.50 bits per heavy atom. The number of hydrogen-bond acceptors (Lipinski definition) is 3. The van der Waals surface area contributed by atoms with Crippen LogP contribution in [-0.2, 0) is 10.2 Å². The number of aromatic amines is 1. The van der Waals surface area contributed by atoms with Gasteiger partial charge >= 0.3 is 0 Å². The van der Waals surface area contributed by atoms with Crippen molar-refractivity contribution in [2.75, 3.05) is 25.6 Å². The molecular weight excluding hydrogens is 250 g/mol. The number of H-pyrrole nitrogens is 1. The molecule has 0 saturated carbocycles. The average molecular weight is 273 g/mol. The van der Waals surface area contributed by atoms with Crippen LogP contribution in [0, 0.1) is 0 Å². The van der Waals surface area contributed by atoms with Crippen molar-refractivity contribution >= 4 is 5.82 Å². The molecule has 0 bridgehead atoms. The van der Waals surface area contributed by atoms with Crippen LogP contribution in [0.2, 0.25) is 0 Å². The van der Waals surface area contributed by atoms with Crippen LogP contribution in [0.25, 0.3) is 11.3 Å². The maximum absolute atomic E-state index is 5.00. The van der Waals surface area contributed by atoms with E-state index in [1.165, 1.54) is 5.56 Å². The molecule has 4 nitrogen and oxygen atoms in total. The number of methoxy groups -OCH3 is 1. The van der Waals surface area contributed by atoms with Crippen LogP contribution in [0.5, 0.6) is 0 Å². The predicted octanol–water partition coefficient (Wildman–Crippen LogP) is 3.43. The first kappa shape index (κ1) is 14.6. The quantitative estimate of drug-likeness (QED) is 0.821. The Hall–Kier alpha value is -1.81. The van der Waals surface area contributed by atoms with Crippen LogP contribution >= 0.6 is 0 Å². The van der Waals surface area contributed by atoms with Crippen molar-refractivity contribution in [3.05, 3.63) is 35.9 Å². The number of rotatable bonds is 5. The molecule has 0 unspecified atom stereocenters. The molecule has 2 rings (SSSR count). The lowest BCUT2D eigenvalue weighted by molar-refractivity contribution is 0.210. The zero-order valence-corrected chi connectivity index (χ0v) is 12.7. The number of nitrogens with one attached hydrogen (secondary N) is 2. The minimum atomic E-state index is 0.180. The Balaban J connectivity index is 2.08. The molecule has 1 heterocycles. The minimum absolute atomic E-state index is 0.180. The largest absolute Gasteiger partial charge is 0.383 e. The van der Waals surface area contributed by atoms with Gasteiger partial charge in [-0.1, -0.05) is 45.0 Å². The van der Waals surface area contributed by atoms with E-state index in [9.17, 15) is 0 Å². The van der Waals surface area contributed by atoms with E-state index in [-0.39, 0.29) is 5.41 Å². The average Bonchev–Trinajstić information content (AvgIpc) is 2.87. The molecule has 1 aromatic heterocycles. The molecule has 0 atom stereocenters. The fourth-order valence-electron chi connectivity index (χ4n) is 1.99. The van der Waals surface area contributed by atoms with Gasteiger partial charge in [0.2, 0.25) is 0 Å². The highest BCUT2D eigenvalue weighted by Crippen LogP contribution is 2.26. The third kappa shape index (κ3) is 3.61. The Labute approximate surface area is 120 Å². The molecule has 0 saturated heterocycles. The summed E-state index contributed by atoms with van der Waals surface area (Å²) in [6, 6.07) is 10.6. The summed E-state index contributed by atoms with van der Waals surface area (Å²) in [7, 11) is 1.69. The van der Waals surface area contributed by atoms with Gasteiger partial charge in [0.15, 0.2) is 0 Å². The van der Waals surface area contributed by atoms with Gasteiger partial charge in [0.05, 0.1) is 12.3 Å². The molecule has 20 heavy (non-hydrogen) atoms.